The lowest BCUT2D eigenvalue weighted by atomic mass is 10.2. The van der Waals surface area contributed by atoms with Crippen LogP contribution in [0.15, 0.2) is 60.9 Å². The second-order valence-electron chi connectivity index (χ2n) is 5.66. The Bertz CT molecular complexity index is 1030. The van der Waals surface area contributed by atoms with E-state index in [0.29, 0.717) is 17.9 Å². The molecule has 0 fully saturated rings. The maximum Gasteiger partial charge on any atom is 0.251 e. The topological polar surface area (TPSA) is 77.1 Å². The first-order valence-corrected chi connectivity index (χ1v) is 7.90. The van der Waals surface area contributed by atoms with E-state index in [1.54, 1.807) is 18.3 Å². The Morgan fingerprint density at radius 2 is 1.92 bits per heavy atom. The predicted molar refractivity (Wildman–Crippen MR) is 92.5 cm³/mol. The number of rotatable bonds is 4. The summed E-state index contributed by atoms with van der Waals surface area (Å²) in [4.78, 5) is 12.3. The molecule has 4 aromatic rings. The Kier molecular flexibility index (Phi) is 3.74. The molecule has 4 rings (SSSR count). The van der Waals surface area contributed by atoms with Crippen molar-refractivity contribution in [3.63, 3.8) is 0 Å². The van der Waals surface area contributed by atoms with Crippen molar-refractivity contribution in [2.45, 2.75) is 13.5 Å². The van der Waals surface area contributed by atoms with Gasteiger partial charge < -0.3 is 5.32 Å². The van der Waals surface area contributed by atoms with Gasteiger partial charge in [0, 0.05) is 23.7 Å². The summed E-state index contributed by atoms with van der Waals surface area (Å²) >= 11 is 0. The van der Waals surface area contributed by atoms with Crippen LogP contribution < -0.4 is 5.32 Å². The summed E-state index contributed by atoms with van der Waals surface area (Å²) in [5, 5.41) is 15.3. The lowest BCUT2D eigenvalue weighted by molar-refractivity contribution is 0.0950. The lowest BCUT2D eigenvalue weighted by Crippen LogP contribution is -2.24. The van der Waals surface area contributed by atoms with E-state index in [-0.39, 0.29) is 5.91 Å². The molecule has 0 radical (unpaired) electrons. The minimum absolute atomic E-state index is 0.156. The van der Waals surface area contributed by atoms with Crippen LogP contribution in [0.25, 0.3) is 11.3 Å². The van der Waals surface area contributed by atoms with Crippen LogP contribution in [0, 0.1) is 6.92 Å². The fourth-order valence-electron chi connectivity index (χ4n) is 2.67. The highest BCUT2D eigenvalue weighted by Gasteiger charge is 2.09. The van der Waals surface area contributed by atoms with Gasteiger partial charge in [-0.25, -0.2) is 4.68 Å². The summed E-state index contributed by atoms with van der Waals surface area (Å²) in [7, 11) is 0. The number of aryl methyl sites for hydroxylation is 1. The van der Waals surface area contributed by atoms with Crippen molar-refractivity contribution >= 4 is 11.6 Å². The summed E-state index contributed by atoms with van der Waals surface area (Å²) in [6, 6.07) is 14.9. The van der Waals surface area contributed by atoms with Gasteiger partial charge in [-0.2, -0.15) is 5.10 Å². The average molecular weight is 332 g/mol. The number of carbonyl (C=O) groups excluding carboxylic acids is 1. The van der Waals surface area contributed by atoms with Crippen LogP contribution in [-0.4, -0.2) is 30.3 Å². The number of nitrogens with zero attached hydrogens (tertiary/aromatic N) is 5. The van der Waals surface area contributed by atoms with Crippen molar-refractivity contribution in [2.75, 3.05) is 0 Å². The minimum atomic E-state index is -0.156. The van der Waals surface area contributed by atoms with Crippen LogP contribution in [0.5, 0.6) is 0 Å². The van der Waals surface area contributed by atoms with Gasteiger partial charge in [0.1, 0.15) is 0 Å². The summed E-state index contributed by atoms with van der Waals surface area (Å²) in [5.41, 5.74) is 3.30. The molecule has 0 atom stereocenters. The largest absolute Gasteiger partial charge is 0.345 e. The first-order valence-electron chi connectivity index (χ1n) is 7.90. The van der Waals surface area contributed by atoms with Crippen LogP contribution in [0.2, 0.25) is 0 Å². The summed E-state index contributed by atoms with van der Waals surface area (Å²) in [5.74, 6) is 0.532. The number of aromatic nitrogens is 5. The second-order valence-corrected chi connectivity index (χ2v) is 5.66. The van der Waals surface area contributed by atoms with E-state index in [9.17, 15) is 4.79 Å². The number of fused-ring (bicyclic) bond motifs is 1. The van der Waals surface area contributed by atoms with E-state index >= 15 is 0 Å². The Morgan fingerprint density at radius 1 is 1.08 bits per heavy atom. The maximum atomic E-state index is 12.3. The highest BCUT2D eigenvalue weighted by molar-refractivity contribution is 5.94. The monoisotopic (exact) mass is 332 g/mol. The number of nitrogens with one attached hydrogen (secondary N) is 1. The van der Waals surface area contributed by atoms with Gasteiger partial charge in [0.2, 0.25) is 0 Å². The molecule has 124 valence electrons. The highest BCUT2D eigenvalue weighted by atomic mass is 16.1. The average Bonchev–Trinajstić information content (AvgIpc) is 3.26. The predicted octanol–water partition coefficient (Wildman–Crippen LogP) is 2.15. The molecule has 1 N–H and O–H groups in total. The molecule has 0 aliphatic rings. The van der Waals surface area contributed by atoms with E-state index in [1.165, 1.54) is 0 Å². The Morgan fingerprint density at radius 3 is 2.68 bits per heavy atom. The Hall–Kier alpha value is -3.48. The number of carbonyl (C=O) groups is 1. The number of hydrogen-bond donors (Lipinski definition) is 1. The number of benzene rings is 1. The molecular weight excluding hydrogens is 316 g/mol. The summed E-state index contributed by atoms with van der Waals surface area (Å²) in [6.45, 7) is 2.29. The van der Waals surface area contributed by atoms with Gasteiger partial charge in [-0.1, -0.05) is 6.07 Å². The number of hydrogen-bond acceptors (Lipinski definition) is 4. The van der Waals surface area contributed by atoms with E-state index < -0.39 is 0 Å². The molecular formula is C18H16N6O. The number of amides is 1. The van der Waals surface area contributed by atoms with Crippen LogP contribution in [0.1, 0.15) is 21.9 Å². The fraction of sp³-hybridized carbons (Fsp3) is 0.111. The normalized spacial score (nSPS) is 10.9. The van der Waals surface area contributed by atoms with Crippen molar-refractivity contribution < 1.29 is 4.79 Å². The van der Waals surface area contributed by atoms with Crippen molar-refractivity contribution in [1.29, 1.82) is 0 Å². The van der Waals surface area contributed by atoms with Gasteiger partial charge in [0.25, 0.3) is 5.91 Å². The van der Waals surface area contributed by atoms with Gasteiger partial charge in [-0.3, -0.25) is 9.20 Å². The molecule has 0 unspecified atom stereocenters. The molecule has 0 saturated heterocycles. The van der Waals surface area contributed by atoms with Gasteiger partial charge in [0.15, 0.2) is 11.5 Å². The first kappa shape index (κ1) is 15.1. The second kappa shape index (κ2) is 6.20. The molecule has 0 bridgehead atoms. The van der Waals surface area contributed by atoms with Gasteiger partial charge >= 0.3 is 0 Å². The molecule has 0 saturated carbocycles. The van der Waals surface area contributed by atoms with Crippen LogP contribution in [0.3, 0.4) is 0 Å². The zero-order valence-corrected chi connectivity index (χ0v) is 13.6. The molecule has 0 aliphatic heterocycles. The Labute approximate surface area is 143 Å². The zero-order valence-electron chi connectivity index (χ0n) is 13.6. The van der Waals surface area contributed by atoms with Crippen molar-refractivity contribution in [1.82, 2.24) is 29.7 Å². The molecule has 7 heteroatoms. The van der Waals surface area contributed by atoms with Crippen LogP contribution in [-0.2, 0) is 6.54 Å². The Balaban J connectivity index is 1.47. The smallest absolute Gasteiger partial charge is 0.251 e. The number of pyridine rings is 1. The molecule has 25 heavy (non-hydrogen) atoms. The molecule has 7 nitrogen and oxygen atoms in total. The van der Waals surface area contributed by atoms with E-state index in [4.69, 9.17) is 0 Å². The van der Waals surface area contributed by atoms with Gasteiger partial charge in [-0.05, 0) is 49.4 Å². The summed E-state index contributed by atoms with van der Waals surface area (Å²) < 4.78 is 3.67. The molecule has 0 spiro atoms. The maximum absolute atomic E-state index is 12.3. The lowest BCUT2D eigenvalue weighted by Gasteiger charge is -2.07. The third kappa shape index (κ3) is 2.87. The quantitative estimate of drug-likeness (QED) is 0.621. The molecule has 3 heterocycles. The molecule has 0 aliphatic carbocycles. The molecule has 1 amide bonds. The molecule has 3 aromatic heterocycles. The minimum Gasteiger partial charge on any atom is -0.345 e. The van der Waals surface area contributed by atoms with Gasteiger partial charge in [0.05, 0.1) is 12.2 Å². The van der Waals surface area contributed by atoms with Crippen LogP contribution >= 0.6 is 0 Å². The van der Waals surface area contributed by atoms with E-state index in [2.05, 4.69) is 20.6 Å². The standard InChI is InChI=1S/C18H16N6O/c1-13-9-10-20-24(13)15-7-5-14(6-8-15)18(25)19-12-17-22-21-16-4-2-3-11-23(16)17/h2-11H,12H2,1H3,(H,19,25). The third-order valence-electron chi connectivity index (χ3n) is 4.00. The fourth-order valence-corrected chi connectivity index (χ4v) is 2.67. The van der Waals surface area contributed by atoms with Crippen molar-refractivity contribution in [2.24, 2.45) is 0 Å². The van der Waals surface area contributed by atoms with E-state index in [0.717, 1.165) is 17.0 Å². The zero-order chi connectivity index (χ0) is 17.2. The summed E-state index contributed by atoms with van der Waals surface area (Å²) in [6.07, 6.45) is 3.62. The molecule has 1 aromatic carbocycles. The van der Waals surface area contributed by atoms with E-state index in [1.807, 2.05) is 58.6 Å². The van der Waals surface area contributed by atoms with Gasteiger partial charge in [-0.15, -0.1) is 10.2 Å². The van der Waals surface area contributed by atoms with Crippen LogP contribution in [0.4, 0.5) is 0 Å². The first-order chi connectivity index (χ1) is 12.2. The van der Waals surface area contributed by atoms with Crippen molar-refractivity contribution in [3.8, 4) is 5.69 Å². The third-order valence-corrected chi connectivity index (χ3v) is 4.00. The van der Waals surface area contributed by atoms with Crippen molar-refractivity contribution in [3.05, 3.63) is 78.0 Å². The highest BCUT2D eigenvalue weighted by Crippen LogP contribution is 2.11. The SMILES string of the molecule is Cc1ccnn1-c1ccc(C(=O)NCc2nnc3ccccn23)cc1.